The van der Waals surface area contributed by atoms with Crippen molar-refractivity contribution in [2.45, 2.75) is 59.5 Å². The minimum atomic E-state index is -0.366. The van der Waals surface area contributed by atoms with E-state index in [1.165, 1.54) is 0 Å². The highest BCUT2D eigenvalue weighted by molar-refractivity contribution is 14.0. The van der Waals surface area contributed by atoms with Gasteiger partial charge >= 0.3 is 0 Å². The SMILES string of the molecule is CCc1nc2n(n1)CC(NC(=NC)NCCNC(=O)C(C)(C)C)CC2.I. The highest BCUT2D eigenvalue weighted by Crippen LogP contribution is 2.13. The van der Waals surface area contributed by atoms with Crippen LogP contribution in [-0.2, 0) is 24.2 Å². The first-order chi connectivity index (χ1) is 11.8. The number of amides is 1. The molecular weight excluding hydrogens is 445 g/mol. The molecule has 0 fully saturated rings. The molecule has 9 heteroatoms. The van der Waals surface area contributed by atoms with Crippen molar-refractivity contribution in [3.63, 3.8) is 0 Å². The number of nitrogens with zero attached hydrogens (tertiary/aromatic N) is 4. The first-order valence-electron chi connectivity index (χ1n) is 9.01. The Labute approximate surface area is 173 Å². The number of aromatic nitrogens is 3. The Morgan fingerprint density at radius 3 is 2.62 bits per heavy atom. The zero-order valence-electron chi connectivity index (χ0n) is 16.4. The van der Waals surface area contributed by atoms with E-state index < -0.39 is 0 Å². The molecule has 0 bridgehead atoms. The summed E-state index contributed by atoms with van der Waals surface area (Å²) in [6.45, 7) is 9.77. The number of nitrogens with one attached hydrogen (secondary N) is 3. The van der Waals surface area contributed by atoms with Crippen molar-refractivity contribution in [3.8, 4) is 0 Å². The van der Waals surface area contributed by atoms with E-state index in [1.54, 1.807) is 7.05 Å². The molecule has 1 aromatic rings. The second kappa shape index (κ2) is 10.1. The maximum Gasteiger partial charge on any atom is 0.225 e. The highest BCUT2D eigenvalue weighted by atomic mass is 127. The number of halogens is 1. The van der Waals surface area contributed by atoms with Crippen LogP contribution in [0.4, 0.5) is 0 Å². The second-order valence-electron chi connectivity index (χ2n) is 7.36. The monoisotopic (exact) mass is 477 g/mol. The van der Waals surface area contributed by atoms with Crippen LogP contribution in [0.2, 0.25) is 0 Å². The fourth-order valence-corrected chi connectivity index (χ4v) is 2.64. The molecule has 3 N–H and O–H groups in total. The summed E-state index contributed by atoms with van der Waals surface area (Å²) in [6.07, 6.45) is 2.79. The average molecular weight is 477 g/mol. The minimum absolute atomic E-state index is 0. The van der Waals surface area contributed by atoms with Gasteiger partial charge in [-0.2, -0.15) is 5.10 Å². The van der Waals surface area contributed by atoms with Crippen LogP contribution in [0.15, 0.2) is 4.99 Å². The zero-order valence-corrected chi connectivity index (χ0v) is 18.8. The van der Waals surface area contributed by atoms with E-state index in [9.17, 15) is 4.79 Å². The normalized spacial score (nSPS) is 17.1. The van der Waals surface area contributed by atoms with E-state index >= 15 is 0 Å². The van der Waals surface area contributed by atoms with E-state index in [-0.39, 0.29) is 41.3 Å². The van der Waals surface area contributed by atoms with Crippen LogP contribution in [0, 0.1) is 5.41 Å². The number of guanidine groups is 1. The van der Waals surface area contributed by atoms with Crippen molar-refractivity contribution in [1.82, 2.24) is 30.7 Å². The first-order valence-corrected chi connectivity index (χ1v) is 9.01. The van der Waals surface area contributed by atoms with Crippen LogP contribution in [0.5, 0.6) is 0 Å². The van der Waals surface area contributed by atoms with Gasteiger partial charge in [-0.05, 0) is 6.42 Å². The topological polar surface area (TPSA) is 96.2 Å². The number of hydrogen-bond donors (Lipinski definition) is 3. The fraction of sp³-hybridized carbons (Fsp3) is 0.765. The van der Waals surface area contributed by atoms with Gasteiger partial charge in [-0.15, -0.1) is 24.0 Å². The molecule has 1 aromatic heterocycles. The third-order valence-electron chi connectivity index (χ3n) is 4.17. The Hall–Kier alpha value is -1.39. The van der Waals surface area contributed by atoms with Crippen molar-refractivity contribution in [2.24, 2.45) is 10.4 Å². The lowest BCUT2D eigenvalue weighted by molar-refractivity contribution is -0.128. The summed E-state index contributed by atoms with van der Waals surface area (Å²) in [6, 6.07) is 0.272. The molecule has 1 atom stereocenters. The Morgan fingerprint density at radius 2 is 2.00 bits per heavy atom. The van der Waals surface area contributed by atoms with Gasteiger partial charge in [-0.25, -0.2) is 9.67 Å². The average Bonchev–Trinajstić information content (AvgIpc) is 2.98. The molecule has 26 heavy (non-hydrogen) atoms. The van der Waals surface area contributed by atoms with Crippen molar-refractivity contribution in [3.05, 3.63) is 11.6 Å². The van der Waals surface area contributed by atoms with Gasteiger partial charge in [0.05, 0.1) is 6.54 Å². The molecule has 1 unspecified atom stereocenters. The smallest absolute Gasteiger partial charge is 0.225 e. The molecule has 0 aromatic carbocycles. The molecule has 0 aliphatic carbocycles. The van der Waals surface area contributed by atoms with Gasteiger partial charge in [0.2, 0.25) is 5.91 Å². The Bertz CT molecular complexity index is 621. The molecule has 0 saturated heterocycles. The van der Waals surface area contributed by atoms with Crippen LogP contribution in [0.25, 0.3) is 0 Å². The lowest BCUT2D eigenvalue weighted by atomic mass is 9.96. The highest BCUT2D eigenvalue weighted by Gasteiger charge is 2.22. The van der Waals surface area contributed by atoms with Crippen molar-refractivity contribution >= 4 is 35.8 Å². The number of carbonyl (C=O) groups is 1. The third-order valence-corrected chi connectivity index (χ3v) is 4.17. The van der Waals surface area contributed by atoms with Gasteiger partial charge in [0.25, 0.3) is 0 Å². The molecule has 2 rings (SSSR count). The lowest BCUT2D eigenvalue weighted by Crippen LogP contribution is -2.49. The number of rotatable bonds is 5. The van der Waals surface area contributed by atoms with Crippen LogP contribution < -0.4 is 16.0 Å². The summed E-state index contributed by atoms with van der Waals surface area (Å²) < 4.78 is 2.00. The summed E-state index contributed by atoms with van der Waals surface area (Å²) >= 11 is 0. The molecule has 1 amide bonds. The Morgan fingerprint density at radius 1 is 1.31 bits per heavy atom. The van der Waals surface area contributed by atoms with Crippen LogP contribution in [0.1, 0.15) is 45.8 Å². The quantitative estimate of drug-likeness (QED) is 0.256. The maximum atomic E-state index is 11.8. The van der Waals surface area contributed by atoms with E-state index in [1.807, 2.05) is 25.5 Å². The van der Waals surface area contributed by atoms with E-state index in [0.29, 0.717) is 13.1 Å². The maximum absolute atomic E-state index is 11.8. The number of fused-ring (bicyclic) bond motifs is 1. The minimum Gasteiger partial charge on any atom is -0.355 e. The number of hydrogen-bond acceptors (Lipinski definition) is 4. The van der Waals surface area contributed by atoms with Gasteiger partial charge in [0, 0.05) is 44.4 Å². The van der Waals surface area contributed by atoms with Crippen molar-refractivity contribution < 1.29 is 4.79 Å². The molecule has 148 valence electrons. The van der Waals surface area contributed by atoms with E-state index in [2.05, 4.69) is 37.9 Å². The van der Waals surface area contributed by atoms with Gasteiger partial charge in [-0.3, -0.25) is 9.79 Å². The molecule has 8 nitrogen and oxygen atoms in total. The molecule has 1 aliphatic rings. The predicted molar refractivity (Wildman–Crippen MR) is 114 cm³/mol. The zero-order chi connectivity index (χ0) is 18.4. The predicted octanol–water partition coefficient (Wildman–Crippen LogP) is 1.10. The largest absolute Gasteiger partial charge is 0.355 e. The number of carbonyl (C=O) groups excluding carboxylic acids is 1. The molecular formula is C17H32IN7O. The molecule has 0 saturated carbocycles. The lowest BCUT2D eigenvalue weighted by Gasteiger charge is -2.25. The fourth-order valence-electron chi connectivity index (χ4n) is 2.64. The van der Waals surface area contributed by atoms with Crippen molar-refractivity contribution in [1.29, 1.82) is 0 Å². The molecule has 0 radical (unpaired) electrons. The summed E-state index contributed by atoms with van der Waals surface area (Å²) in [4.78, 5) is 20.6. The summed E-state index contributed by atoms with van der Waals surface area (Å²) in [5.41, 5.74) is -0.366. The van der Waals surface area contributed by atoms with Crippen molar-refractivity contribution in [2.75, 3.05) is 20.1 Å². The third kappa shape index (κ3) is 6.40. The van der Waals surface area contributed by atoms with Gasteiger partial charge < -0.3 is 16.0 Å². The molecule has 1 aliphatic heterocycles. The van der Waals surface area contributed by atoms with Gasteiger partial charge in [-0.1, -0.05) is 27.7 Å². The van der Waals surface area contributed by atoms with E-state index in [0.717, 1.165) is 43.4 Å². The van der Waals surface area contributed by atoms with Crippen LogP contribution >= 0.6 is 24.0 Å². The van der Waals surface area contributed by atoms with Crippen LogP contribution in [0.3, 0.4) is 0 Å². The molecule has 0 spiro atoms. The van der Waals surface area contributed by atoms with Gasteiger partial charge in [0.1, 0.15) is 5.82 Å². The summed E-state index contributed by atoms with van der Waals surface area (Å²) in [7, 11) is 1.75. The molecule has 2 heterocycles. The number of aryl methyl sites for hydroxylation is 2. The Kier molecular flexibility index (Phi) is 8.78. The van der Waals surface area contributed by atoms with E-state index in [4.69, 9.17) is 0 Å². The first kappa shape index (κ1) is 22.7. The number of aliphatic imine (C=N–C) groups is 1. The standard InChI is InChI=1S/C17H31N7O.HI/c1-6-13-22-14-8-7-12(11-24(14)23-13)21-16(18-5)20-10-9-19-15(25)17(2,3)4;/h12H,6-11H2,1-5H3,(H,19,25)(H2,18,20,21);1H. The summed E-state index contributed by atoms with van der Waals surface area (Å²) in [5.74, 6) is 2.78. The van der Waals surface area contributed by atoms with Gasteiger partial charge in [0.15, 0.2) is 11.8 Å². The second-order valence-corrected chi connectivity index (χ2v) is 7.36. The van der Waals surface area contributed by atoms with Crippen LogP contribution in [-0.4, -0.2) is 52.8 Å². The summed E-state index contributed by atoms with van der Waals surface area (Å²) in [5, 5.41) is 14.1. The Balaban J connectivity index is 0.00000338.